The molecule has 0 amide bonds. The summed E-state index contributed by atoms with van der Waals surface area (Å²) in [5, 5.41) is 13.1. The van der Waals surface area contributed by atoms with Crippen molar-refractivity contribution in [3.05, 3.63) is 29.8 Å². The lowest BCUT2D eigenvalue weighted by Gasteiger charge is -2.26. The third kappa shape index (κ3) is 3.97. The fourth-order valence-electron chi connectivity index (χ4n) is 2.82. The first-order valence-corrected chi connectivity index (χ1v) is 7.93. The highest BCUT2D eigenvalue weighted by Crippen LogP contribution is 2.30. The van der Waals surface area contributed by atoms with Crippen LogP contribution in [0.2, 0.25) is 0 Å². The molecule has 2 aliphatic carbocycles. The summed E-state index contributed by atoms with van der Waals surface area (Å²) < 4.78 is 5.94. The smallest absolute Gasteiger partial charge is 0.123 e. The first-order valence-electron chi connectivity index (χ1n) is 7.93. The Morgan fingerprint density at radius 2 is 1.80 bits per heavy atom. The molecule has 2 aliphatic rings. The molecule has 3 heteroatoms. The SMILES string of the molecule is OC1CCC(NCc2ccccc2OCC2CC2)CC1. The van der Waals surface area contributed by atoms with Crippen molar-refractivity contribution in [2.75, 3.05) is 6.61 Å². The minimum atomic E-state index is -0.0813. The number of aliphatic hydroxyl groups excluding tert-OH is 1. The van der Waals surface area contributed by atoms with Gasteiger partial charge in [-0.3, -0.25) is 0 Å². The molecule has 0 saturated heterocycles. The third-order valence-corrected chi connectivity index (χ3v) is 4.42. The second-order valence-corrected chi connectivity index (χ2v) is 6.25. The van der Waals surface area contributed by atoms with Crippen LogP contribution in [0.1, 0.15) is 44.1 Å². The molecule has 2 saturated carbocycles. The van der Waals surface area contributed by atoms with Crippen LogP contribution < -0.4 is 10.1 Å². The van der Waals surface area contributed by atoms with Gasteiger partial charge in [0.2, 0.25) is 0 Å². The van der Waals surface area contributed by atoms with Crippen LogP contribution in [0.4, 0.5) is 0 Å². The van der Waals surface area contributed by atoms with Crippen LogP contribution in [-0.4, -0.2) is 23.9 Å². The van der Waals surface area contributed by atoms with E-state index in [1.54, 1.807) is 0 Å². The molecule has 3 rings (SSSR count). The molecular weight excluding hydrogens is 250 g/mol. The zero-order valence-electron chi connectivity index (χ0n) is 12.1. The number of nitrogens with one attached hydrogen (secondary N) is 1. The number of para-hydroxylation sites is 1. The maximum atomic E-state index is 9.54. The molecule has 2 N–H and O–H groups in total. The van der Waals surface area contributed by atoms with Crippen LogP contribution in [0.25, 0.3) is 0 Å². The highest BCUT2D eigenvalue weighted by atomic mass is 16.5. The Labute approximate surface area is 121 Å². The van der Waals surface area contributed by atoms with Gasteiger partial charge >= 0.3 is 0 Å². The van der Waals surface area contributed by atoms with E-state index in [1.165, 1.54) is 18.4 Å². The van der Waals surface area contributed by atoms with E-state index < -0.39 is 0 Å². The number of ether oxygens (including phenoxy) is 1. The molecule has 3 nitrogen and oxygen atoms in total. The molecule has 2 fully saturated rings. The van der Waals surface area contributed by atoms with Crippen LogP contribution in [0.15, 0.2) is 24.3 Å². The fraction of sp³-hybridized carbons (Fsp3) is 0.647. The van der Waals surface area contributed by atoms with E-state index in [4.69, 9.17) is 4.74 Å². The Morgan fingerprint density at radius 3 is 2.55 bits per heavy atom. The number of aliphatic hydroxyl groups is 1. The average Bonchev–Trinajstić information content (AvgIpc) is 3.30. The van der Waals surface area contributed by atoms with E-state index in [2.05, 4.69) is 23.5 Å². The summed E-state index contributed by atoms with van der Waals surface area (Å²) in [6, 6.07) is 8.88. The quantitative estimate of drug-likeness (QED) is 0.839. The molecule has 0 spiro atoms. The zero-order chi connectivity index (χ0) is 13.8. The monoisotopic (exact) mass is 275 g/mol. The van der Waals surface area contributed by atoms with Gasteiger partial charge in [-0.05, 0) is 50.5 Å². The number of rotatable bonds is 6. The highest BCUT2D eigenvalue weighted by Gasteiger charge is 2.22. The van der Waals surface area contributed by atoms with E-state index in [1.807, 2.05) is 6.07 Å². The minimum absolute atomic E-state index is 0.0813. The molecule has 0 aliphatic heterocycles. The van der Waals surface area contributed by atoms with Gasteiger partial charge in [-0.15, -0.1) is 0 Å². The maximum Gasteiger partial charge on any atom is 0.123 e. The highest BCUT2D eigenvalue weighted by molar-refractivity contribution is 5.33. The summed E-state index contributed by atoms with van der Waals surface area (Å²) in [6.07, 6.45) is 6.57. The third-order valence-electron chi connectivity index (χ3n) is 4.42. The maximum absolute atomic E-state index is 9.54. The van der Waals surface area contributed by atoms with Crippen molar-refractivity contribution in [3.63, 3.8) is 0 Å². The first kappa shape index (κ1) is 13.9. The molecule has 0 aromatic heterocycles. The number of benzene rings is 1. The van der Waals surface area contributed by atoms with E-state index in [-0.39, 0.29) is 6.10 Å². The largest absolute Gasteiger partial charge is 0.493 e. The summed E-state index contributed by atoms with van der Waals surface area (Å²) in [5.41, 5.74) is 1.25. The zero-order valence-corrected chi connectivity index (χ0v) is 12.1. The molecule has 1 aromatic rings. The molecule has 110 valence electrons. The van der Waals surface area contributed by atoms with Crippen LogP contribution in [0.3, 0.4) is 0 Å². The predicted molar refractivity (Wildman–Crippen MR) is 79.8 cm³/mol. The molecule has 0 atom stereocenters. The Bertz CT molecular complexity index is 423. The summed E-state index contributed by atoms with van der Waals surface area (Å²) in [5.74, 6) is 1.82. The summed E-state index contributed by atoms with van der Waals surface area (Å²) in [7, 11) is 0. The second kappa shape index (κ2) is 6.59. The lowest BCUT2D eigenvalue weighted by Crippen LogP contribution is -2.34. The molecule has 0 bridgehead atoms. The van der Waals surface area contributed by atoms with Gasteiger partial charge in [-0.2, -0.15) is 0 Å². The molecule has 1 aromatic carbocycles. The minimum Gasteiger partial charge on any atom is -0.493 e. The first-order chi connectivity index (χ1) is 9.81. The van der Waals surface area contributed by atoms with Crippen molar-refractivity contribution >= 4 is 0 Å². The van der Waals surface area contributed by atoms with Gasteiger partial charge in [0, 0.05) is 18.2 Å². The van der Waals surface area contributed by atoms with Crippen molar-refractivity contribution in [1.82, 2.24) is 5.32 Å². The lowest BCUT2D eigenvalue weighted by molar-refractivity contribution is 0.116. The predicted octanol–water partition coefficient (Wildman–Crippen LogP) is 2.87. The van der Waals surface area contributed by atoms with E-state index in [0.29, 0.717) is 6.04 Å². The van der Waals surface area contributed by atoms with E-state index >= 15 is 0 Å². The fourth-order valence-corrected chi connectivity index (χ4v) is 2.82. The van der Waals surface area contributed by atoms with E-state index in [9.17, 15) is 5.11 Å². The van der Waals surface area contributed by atoms with Crippen molar-refractivity contribution in [2.45, 2.75) is 57.2 Å². The lowest BCUT2D eigenvalue weighted by atomic mass is 9.93. The van der Waals surface area contributed by atoms with Gasteiger partial charge < -0.3 is 15.2 Å². The van der Waals surface area contributed by atoms with Crippen LogP contribution >= 0.6 is 0 Å². The number of hydrogen-bond acceptors (Lipinski definition) is 3. The summed E-state index contributed by atoms with van der Waals surface area (Å²) >= 11 is 0. The van der Waals surface area contributed by atoms with Gasteiger partial charge in [0.1, 0.15) is 5.75 Å². The van der Waals surface area contributed by atoms with Crippen LogP contribution in [0, 0.1) is 5.92 Å². The van der Waals surface area contributed by atoms with Crippen LogP contribution in [-0.2, 0) is 6.54 Å². The van der Waals surface area contributed by atoms with Gasteiger partial charge in [0.15, 0.2) is 0 Å². The van der Waals surface area contributed by atoms with Crippen molar-refractivity contribution in [1.29, 1.82) is 0 Å². The van der Waals surface area contributed by atoms with Gasteiger partial charge in [-0.25, -0.2) is 0 Å². The van der Waals surface area contributed by atoms with Gasteiger partial charge in [-0.1, -0.05) is 18.2 Å². The molecule has 0 radical (unpaired) electrons. The van der Waals surface area contributed by atoms with Crippen molar-refractivity contribution in [3.8, 4) is 5.75 Å². The van der Waals surface area contributed by atoms with Gasteiger partial charge in [0.25, 0.3) is 0 Å². The average molecular weight is 275 g/mol. The second-order valence-electron chi connectivity index (χ2n) is 6.25. The van der Waals surface area contributed by atoms with Crippen molar-refractivity contribution in [2.24, 2.45) is 5.92 Å². The Morgan fingerprint density at radius 1 is 1.05 bits per heavy atom. The standard InChI is InChI=1S/C17H25NO2/c19-16-9-7-15(8-10-16)18-11-14-3-1-2-4-17(14)20-12-13-5-6-13/h1-4,13,15-16,18-19H,5-12H2. The van der Waals surface area contributed by atoms with Crippen LogP contribution in [0.5, 0.6) is 5.75 Å². The summed E-state index contributed by atoms with van der Waals surface area (Å²) in [6.45, 7) is 1.73. The molecule has 0 unspecified atom stereocenters. The Kier molecular flexibility index (Phi) is 4.58. The topological polar surface area (TPSA) is 41.5 Å². The van der Waals surface area contributed by atoms with E-state index in [0.717, 1.165) is 50.5 Å². The van der Waals surface area contributed by atoms with Gasteiger partial charge in [0.05, 0.1) is 12.7 Å². The Balaban J connectivity index is 1.50. The normalized spacial score (nSPS) is 26.4. The Hall–Kier alpha value is -1.06. The number of hydrogen-bond donors (Lipinski definition) is 2. The summed E-state index contributed by atoms with van der Waals surface area (Å²) in [4.78, 5) is 0. The molecule has 20 heavy (non-hydrogen) atoms. The van der Waals surface area contributed by atoms with Crippen molar-refractivity contribution < 1.29 is 9.84 Å². The molecule has 0 heterocycles. The molecular formula is C17H25NO2.